The Bertz CT molecular complexity index is 328. The zero-order chi connectivity index (χ0) is 12.9. The number of hydrogen-bond donors (Lipinski definition) is 1. The molecule has 0 saturated heterocycles. The summed E-state index contributed by atoms with van der Waals surface area (Å²) in [7, 11) is 0. The van der Waals surface area contributed by atoms with Gasteiger partial charge in [0.2, 0.25) is 0 Å². The molecule has 1 amide bonds. The topological polar surface area (TPSA) is 168 Å². The first kappa shape index (κ1) is 13.4. The molecule has 0 heterocycles. The van der Waals surface area contributed by atoms with E-state index in [2.05, 4.69) is 4.74 Å². The maximum absolute atomic E-state index is 12.9. The van der Waals surface area contributed by atoms with Gasteiger partial charge in [-0.1, -0.05) is 4.39 Å². The standard InChI is InChI=1S/C3H3FN4O8/c4-3(6(10)11,7(12)13)1-16-2(9)5-8(14)15/h1H2,(H,5,9). The maximum atomic E-state index is 12.9. The molecule has 0 saturated carbocycles. The number of hydrazine groups is 1. The van der Waals surface area contributed by atoms with Crippen molar-refractivity contribution in [1.82, 2.24) is 5.43 Å². The van der Waals surface area contributed by atoms with Gasteiger partial charge in [0.15, 0.2) is 5.03 Å². The van der Waals surface area contributed by atoms with Gasteiger partial charge in [0.05, 0.1) is 0 Å². The SMILES string of the molecule is O=C(N[N+](=O)[O-])OCC(F)([N+](=O)[O-])[N+](=O)[O-]. The van der Waals surface area contributed by atoms with E-state index in [4.69, 9.17) is 0 Å². The molecule has 0 aliphatic rings. The van der Waals surface area contributed by atoms with E-state index in [9.17, 15) is 39.5 Å². The molecule has 13 heteroatoms. The monoisotopic (exact) mass is 242 g/mol. The number of nitro groups is 3. The molecule has 12 nitrogen and oxygen atoms in total. The van der Waals surface area contributed by atoms with Crippen LogP contribution in [0.2, 0.25) is 0 Å². The van der Waals surface area contributed by atoms with Crippen LogP contribution in [-0.4, -0.2) is 33.5 Å². The van der Waals surface area contributed by atoms with Crippen LogP contribution in [0, 0.1) is 30.3 Å². The van der Waals surface area contributed by atoms with Gasteiger partial charge in [-0.15, -0.1) is 0 Å². The molecule has 0 aliphatic heterocycles. The predicted molar refractivity (Wildman–Crippen MR) is 39.3 cm³/mol. The third kappa shape index (κ3) is 3.28. The summed E-state index contributed by atoms with van der Waals surface area (Å²) >= 11 is 0. The van der Waals surface area contributed by atoms with Crippen molar-refractivity contribution in [2.75, 3.05) is 6.61 Å². The van der Waals surface area contributed by atoms with E-state index in [0.29, 0.717) is 0 Å². The summed E-state index contributed by atoms with van der Waals surface area (Å²) in [5, 5.41) is 28.1. The molecule has 1 N–H and O–H groups in total. The molecule has 0 aromatic rings. The molecule has 0 aromatic heterocycles. The van der Waals surface area contributed by atoms with E-state index >= 15 is 0 Å². The molecule has 0 aromatic carbocycles. The van der Waals surface area contributed by atoms with E-state index < -0.39 is 33.5 Å². The highest BCUT2D eigenvalue weighted by atomic mass is 19.2. The van der Waals surface area contributed by atoms with Gasteiger partial charge in [-0.2, -0.15) is 0 Å². The molecule has 0 radical (unpaired) electrons. The highest BCUT2D eigenvalue weighted by Crippen LogP contribution is 2.13. The minimum Gasteiger partial charge on any atom is -0.426 e. The first-order chi connectivity index (χ1) is 7.20. The lowest BCUT2D eigenvalue weighted by Gasteiger charge is -2.07. The fourth-order valence-corrected chi connectivity index (χ4v) is 0.436. The first-order valence-electron chi connectivity index (χ1n) is 3.26. The third-order valence-electron chi connectivity index (χ3n) is 1.13. The van der Waals surface area contributed by atoms with Crippen molar-refractivity contribution < 1.29 is 28.8 Å². The van der Waals surface area contributed by atoms with Gasteiger partial charge in [-0.05, 0) is 5.43 Å². The Morgan fingerprint density at radius 2 is 1.69 bits per heavy atom. The van der Waals surface area contributed by atoms with E-state index in [1.54, 1.807) is 0 Å². The van der Waals surface area contributed by atoms with Crippen LogP contribution in [0.5, 0.6) is 0 Å². The molecule has 0 rings (SSSR count). The number of hydrogen-bond acceptors (Lipinski definition) is 8. The van der Waals surface area contributed by atoms with Gasteiger partial charge < -0.3 is 4.74 Å². The normalized spacial score (nSPS) is 10.3. The second-order valence-electron chi connectivity index (χ2n) is 2.18. The summed E-state index contributed by atoms with van der Waals surface area (Å²) in [5.41, 5.74) is 0.842. The molecular weight excluding hydrogens is 239 g/mol. The third-order valence-corrected chi connectivity index (χ3v) is 1.13. The van der Waals surface area contributed by atoms with E-state index in [1.165, 1.54) is 0 Å². The maximum Gasteiger partial charge on any atom is 0.648 e. The average molecular weight is 242 g/mol. The number of rotatable bonds is 5. The van der Waals surface area contributed by atoms with Crippen LogP contribution in [0.3, 0.4) is 0 Å². The highest BCUT2D eigenvalue weighted by molar-refractivity contribution is 5.65. The Labute approximate surface area is 84.4 Å². The fraction of sp³-hybridized carbons (Fsp3) is 0.667. The largest absolute Gasteiger partial charge is 0.648 e. The summed E-state index contributed by atoms with van der Waals surface area (Å²) in [6.07, 6.45) is -1.87. The number of alkyl halides is 1. The summed E-state index contributed by atoms with van der Waals surface area (Å²) in [6, 6.07) is 0. The van der Waals surface area contributed by atoms with Gasteiger partial charge in [0.1, 0.15) is 9.85 Å². The van der Waals surface area contributed by atoms with Crippen molar-refractivity contribution in [3.8, 4) is 0 Å². The Morgan fingerprint density at radius 1 is 1.25 bits per heavy atom. The average Bonchev–Trinajstić information content (AvgIpc) is 2.12. The molecule has 0 aliphatic carbocycles. The van der Waals surface area contributed by atoms with E-state index in [0.717, 1.165) is 5.43 Å². The number of carbonyl (C=O) groups is 1. The van der Waals surface area contributed by atoms with Crippen molar-refractivity contribution in [1.29, 1.82) is 0 Å². The zero-order valence-electron chi connectivity index (χ0n) is 7.19. The Morgan fingerprint density at radius 3 is 2.00 bits per heavy atom. The molecule has 0 spiro atoms. The lowest BCUT2D eigenvalue weighted by Crippen LogP contribution is -2.47. The van der Waals surface area contributed by atoms with Crippen molar-refractivity contribution >= 4 is 6.09 Å². The van der Waals surface area contributed by atoms with Crippen LogP contribution in [0.25, 0.3) is 0 Å². The predicted octanol–water partition coefficient (Wildman–Crippen LogP) is -0.919. The Kier molecular flexibility index (Phi) is 3.99. The van der Waals surface area contributed by atoms with Gasteiger partial charge in [0, 0.05) is 0 Å². The summed E-state index contributed by atoms with van der Waals surface area (Å²) in [5.74, 6) is -4.24. The van der Waals surface area contributed by atoms with Crippen LogP contribution in [0.4, 0.5) is 9.18 Å². The van der Waals surface area contributed by atoms with Crippen molar-refractivity contribution in [3.05, 3.63) is 30.3 Å². The zero-order valence-corrected chi connectivity index (χ0v) is 7.19. The van der Waals surface area contributed by atoms with Crippen molar-refractivity contribution in [2.24, 2.45) is 0 Å². The Hall–Kier alpha value is -2.60. The summed E-state index contributed by atoms with van der Waals surface area (Å²) in [6.45, 7) is -1.90. The van der Waals surface area contributed by atoms with Gasteiger partial charge in [0.25, 0.3) is 6.61 Å². The number of nitrogens with one attached hydrogen (secondary N) is 1. The minimum atomic E-state index is -4.24. The quantitative estimate of drug-likeness (QED) is 0.279. The summed E-state index contributed by atoms with van der Waals surface area (Å²) in [4.78, 5) is 36.0. The molecule has 0 unspecified atom stereocenters. The molecule has 16 heavy (non-hydrogen) atoms. The van der Waals surface area contributed by atoms with Gasteiger partial charge >= 0.3 is 12.0 Å². The molecular formula is C3H3FN4O8. The first-order valence-corrected chi connectivity index (χ1v) is 3.26. The number of ether oxygens (including phenoxy) is 1. The number of carbonyl (C=O) groups excluding carboxylic acids is 1. The van der Waals surface area contributed by atoms with Crippen LogP contribution < -0.4 is 5.43 Å². The minimum absolute atomic E-state index is 0.842. The smallest absolute Gasteiger partial charge is 0.426 e. The Balaban J connectivity index is 4.46. The molecule has 0 bridgehead atoms. The highest BCUT2D eigenvalue weighted by Gasteiger charge is 2.59. The van der Waals surface area contributed by atoms with Crippen molar-refractivity contribution in [2.45, 2.75) is 5.92 Å². The second kappa shape index (κ2) is 4.76. The van der Waals surface area contributed by atoms with Crippen LogP contribution >= 0.6 is 0 Å². The molecule has 0 fully saturated rings. The molecule has 0 atom stereocenters. The number of amides is 1. The van der Waals surface area contributed by atoms with Crippen LogP contribution in [-0.2, 0) is 4.74 Å². The van der Waals surface area contributed by atoms with E-state index in [1.807, 2.05) is 0 Å². The lowest BCUT2D eigenvalue weighted by atomic mass is 10.5. The van der Waals surface area contributed by atoms with E-state index in [-0.39, 0.29) is 0 Å². The number of nitrogens with zero attached hydrogens (tertiary/aromatic N) is 3. The number of halogens is 1. The lowest BCUT2D eigenvalue weighted by molar-refractivity contribution is -0.832. The summed E-state index contributed by atoms with van der Waals surface area (Å²) < 4.78 is 16.5. The van der Waals surface area contributed by atoms with Crippen LogP contribution in [0.1, 0.15) is 0 Å². The van der Waals surface area contributed by atoms with Gasteiger partial charge in [-0.3, -0.25) is 20.2 Å². The fourth-order valence-electron chi connectivity index (χ4n) is 0.436. The van der Waals surface area contributed by atoms with Crippen LogP contribution in [0.15, 0.2) is 0 Å². The van der Waals surface area contributed by atoms with Crippen molar-refractivity contribution in [3.63, 3.8) is 0 Å². The van der Waals surface area contributed by atoms with Gasteiger partial charge in [-0.25, -0.2) is 14.9 Å². The second-order valence-corrected chi connectivity index (χ2v) is 2.18. The molecule has 90 valence electrons.